The molecule has 1 aliphatic carbocycles. The van der Waals surface area contributed by atoms with Crippen molar-refractivity contribution < 1.29 is 4.79 Å². The number of benzene rings is 1. The number of fused-ring (bicyclic) bond motifs is 1. The molecule has 1 amide bonds. The van der Waals surface area contributed by atoms with Gasteiger partial charge in [-0.3, -0.25) is 14.8 Å². The Hall–Kier alpha value is -2.23. The SMILES string of the molecule is Cc1cncc(C2CCCN2C(=O)c2ccc3c(c2)CCC3)n1. The molecule has 1 fully saturated rings. The largest absolute Gasteiger partial charge is 0.330 e. The lowest BCUT2D eigenvalue weighted by Gasteiger charge is -2.24. The molecule has 1 aliphatic heterocycles. The topological polar surface area (TPSA) is 46.1 Å². The summed E-state index contributed by atoms with van der Waals surface area (Å²) in [4.78, 5) is 23.8. The third-order valence-corrected chi connectivity index (χ3v) is 4.97. The summed E-state index contributed by atoms with van der Waals surface area (Å²) in [5, 5.41) is 0. The van der Waals surface area contributed by atoms with E-state index in [9.17, 15) is 4.79 Å². The summed E-state index contributed by atoms with van der Waals surface area (Å²) in [5.74, 6) is 0.130. The number of likely N-dealkylation sites (tertiary alicyclic amines) is 1. The van der Waals surface area contributed by atoms with Gasteiger partial charge in [0.15, 0.2) is 0 Å². The van der Waals surface area contributed by atoms with E-state index in [1.165, 1.54) is 17.5 Å². The highest BCUT2D eigenvalue weighted by Crippen LogP contribution is 2.32. The molecule has 0 bridgehead atoms. The number of hydrogen-bond acceptors (Lipinski definition) is 3. The van der Waals surface area contributed by atoms with Crippen LogP contribution in [-0.2, 0) is 12.8 Å². The molecule has 1 saturated heterocycles. The number of carbonyl (C=O) groups is 1. The highest BCUT2D eigenvalue weighted by molar-refractivity contribution is 5.95. The van der Waals surface area contributed by atoms with E-state index in [1.54, 1.807) is 12.4 Å². The predicted molar refractivity (Wildman–Crippen MR) is 88.2 cm³/mol. The van der Waals surface area contributed by atoms with Crippen molar-refractivity contribution in [2.75, 3.05) is 6.54 Å². The third kappa shape index (κ3) is 2.62. The van der Waals surface area contributed by atoms with E-state index in [2.05, 4.69) is 22.1 Å². The maximum absolute atomic E-state index is 13.0. The van der Waals surface area contributed by atoms with Gasteiger partial charge in [0, 0.05) is 18.3 Å². The molecule has 1 unspecified atom stereocenters. The number of amides is 1. The molecule has 4 nitrogen and oxygen atoms in total. The molecule has 0 saturated carbocycles. The van der Waals surface area contributed by atoms with Gasteiger partial charge in [-0.2, -0.15) is 0 Å². The van der Waals surface area contributed by atoms with E-state index < -0.39 is 0 Å². The van der Waals surface area contributed by atoms with Crippen LogP contribution in [0.2, 0.25) is 0 Å². The average molecular weight is 307 g/mol. The molecule has 4 heteroatoms. The number of hydrogen-bond donors (Lipinski definition) is 0. The van der Waals surface area contributed by atoms with Gasteiger partial charge in [-0.25, -0.2) is 0 Å². The van der Waals surface area contributed by atoms with Gasteiger partial charge in [-0.15, -0.1) is 0 Å². The average Bonchev–Trinajstić information content (AvgIpc) is 3.22. The first kappa shape index (κ1) is 14.4. The van der Waals surface area contributed by atoms with Gasteiger partial charge in [-0.1, -0.05) is 6.07 Å². The summed E-state index contributed by atoms with van der Waals surface area (Å²) in [5.41, 5.74) is 5.39. The molecular formula is C19H21N3O. The van der Waals surface area contributed by atoms with Crippen molar-refractivity contribution in [3.63, 3.8) is 0 Å². The first-order valence-electron chi connectivity index (χ1n) is 8.44. The molecule has 4 rings (SSSR count). The van der Waals surface area contributed by atoms with Crippen molar-refractivity contribution in [1.82, 2.24) is 14.9 Å². The molecule has 0 radical (unpaired) electrons. The molecule has 23 heavy (non-hydrogen) atoms. The van der Waals surface area contributed by atoms with Crippen LogP contribution in [0.4, 0.5) is 0 Å². The van der Waals surface area contributed by atoms with E-state index in [0.717, 1.165) is 49.2 Å². The van der Waals surface area contributed by atoms with E-state index >= 15 is 0 Å². The van der Waals surface area contributed by atoms with Gasteiger partial charge in [0.2, 0.25) is 0 Å². The summed E-state index contributed by atoms with van der Waals surface area (Å²) in [7, 11) is 0. The number of nitrogens with zero attached hydrogens (tertiary/aromatic N) is 3. The smallest absolute Gasteiger partial charge is 0.254 e. The lowest BCUT2D eigenvalue weighted by Crippen LogP contribution is -2.31. The molecule has 0 N–H and O–H groups in total. The van der Waals surface area contributed by atoms with Gasteiger partial charge in [0.25, 0.3) is 5.91 Å². The zero-order chi connectivity index (χ0) is 15.8. The number of rotatable bonds is 2. The van der Waals surface area contributed by atoms with Gasteiger partial charge >= 0.3 is 0 Å². The first-order chi connectivity index (χ1) is 11.2. The van der Waals surface area contributed by atoms with Crippen molar-refractivity contribution in [2.45, 2.75) is 45.1 Å². The second kappa shape index (κ2) is 5.76. The van der Waals surface area contributed by atoms with Crippen molar-refractivity contribution in [3.05, 3.63) is 58.7 Å². The van der Waals surface area contributed by atoms with Gasteiger partial charge < -0.3 is 4.90 Å². The van der Waals surface area contributed by atoms with Crippen molar-refractivity contribution in [3.8, 4) is 0 Å². The second-order valence-electron chi connectivity index (χ2n) is 6.58. The Morgan fingerprint density at radius 2 is 2.04 bits per heavy atom. The van der Waals surface area contributed by atoms with Crippen LogP contribution >= 0.6 is 0 Å². The van der Waals surface area contributed by atoms with Crippen LogP contribution in [0.25, 0.3) is 0 Å². The molecule has 118 valence electrons. The van der Waals surface area contributed by atoms with Crippen LogP contribution in [0.15, 0.2) is 30.6 Å². The Morgan fingerprint density at radius 1 is 1.17 bits per heavy atom. The van der Waals surface area contributed by atoms with Crippen LogP contribution < -0.4 is 0 Å². The molecule has 2 aromatic rings. The molecular weight excluding hydrogens is 286 g/mol. The minimum atomic E-state index is 0.0585. The van der Waals surface area contributed by atoms with Crippen LogP contribution in [0.3, 0.4) is 0 Å². The van der Waals surface area contributed by atoms with Crippen LogP contribution in [0.1, 0.15) is 58.2 Å². The molecule has 0 spiro atoms. The molecule has 2 aliphatic rings. The Kier molecular flexibility index (Phi) is 3.60. The Labute approximate surface area is 136 Å². The summed E-state index contributed by atoms with van der Waals surface area (Å²) < 4.78 is 0. The van der Waals surface area contributed by atoms with E-state index in [-0.39, 0.29) is 11.9 Å². The van der Waals surface area contributed by atoms with E-state index in [4.69, 9.17) is 0 Å². The molecule has 1 aromatic carbocycles. The fourth-order valence-corrected chi connectivity index (χ4v) is 3.83. The zero-order valence-electron chi connectivity index (χ0n) is 13.5. The van der Waals surface area contributed by atoms with Crippen LogP contribution in [0, 0.1) is 6.92 Å². The van der Waals surface area contributed by atoms with Crippen molar-refractivity contribution >= 4 is 5.91 Å². The maximum atomic E-state index is 13.0. The highest BCUT2D eigenvalue weighted by atomic mass is 16.2. The van der Waals surface area contributed by atoms with Crippen molar-refractivity contribution in [2.24, 2.45) is 0 Å². The summed E-state index contributed by atoms with van der Waals surface area (Å²) >= 11 is 0. The van der Waals surface area contributed by atoms with E-state index in [1.807, 2.05) is 17.9 Å². The van der Waals surface area contributed by atoms with Gasteiger partial charge in [-0.05, 0) is 62.3 Å². The Balaban J connectivity index is 1.62. The van der Waals surface area contributed by atoms with Gasteiger partial charge in [0.1, 0.15) is 0 Å². The fraction of sp³-hybridized carbons (Fsp3) is 0.421. The highest BCUT2D eigenvalue weighted by Gasteiger charge is 2.32. The monoisotopic (exact) mass is 307 g/mol. The lowest BCUT2D eigenvalue weighted by atomic mass is 10.0. The summed E-state index contributed by atoms with van der Waals surface area (Å²) in [6, 6.07) is 6.28. The van der Waals surface area contributed by atoms with Crippen molar-refractivity contribution in [1.29, 1.82) is 0 Å². The summed E-state index contributed by atoms with van der Waals surface area (Å²) in [6.45, 7) is 2.74. The lowest BCUT2D eigenvalue weighted by molar-refractivity contribution is 0.0732. The molecule has 1 aromatic heterocycles. The first-order valence-corrected chi connectivity index (χ1v) is 8.44. The number of aromatic nitrogens is 2. The third-order valence-electron chi connectivity index (χ3n) is 4.97. The summed E-state index contributed by atoms with van der Waals surface area (Å²) in [6.07, 6.45) is 9.00. The van der Waals surface area contributed by atoms with Crippen LogP contribution in [0.5, 0.6) is 0 Å². The Morgan fingerprint density at radius 3 is 2.91 bits per heavy atom. The molecule has 2 heterocycles. The normalized spacial score (nSPS) is 19.9. The fourth-order valence-electron chi connectivity index (χ4n) is 3.83. The molecule has 1 atom stereocenters. The van der Waals surface area contributed by atoms with Gasteiger partial charge in [0.05, 0.1) is 23.6 Å². The zero-order valence-corrected chi connectivity index (χ0v) is 13.5. The standard InChI is InChI=1S/C19H21N3O/c1-13-11-20-12-17(21-13)18-6-3-9-22(18)19(23)16-8-7-14-4-2-5-15(14)10-16/h7-8,10-12,18H,2-6,9H2,1H3. The second-order valence-corrected chi connectivity index (χ2v) is 6.58. The number of carbonyl (C=O) groups excluding carboxylic acids is 1. The Bertz CT molecular complexity index is 756. The minimum absolute atomic E-state index is 0.0585. The maximum Gasteiger partial charge on any atom is 0.254 e. The quantitative estimate of drug-likeness (QED) is 0.855. The predicted octanol–water partition coefficient (Wildman–Crippen LogP) is 3.25. The number of aryl methyl sites for hydroxylation is 3. The minimum Gasteiger partial charge on any atom is -0.330 e. The van der Waals surface area contributed by atoms with E-state index in [0.29, 0.717) is 0 Å². The van der Waals surface area contributed by atoms with Crippen LogP contribution in [-0.4, -0.2) is 27.3 Å².